The molecule has 0 N–H and O–H groups in total. The zero-order chi connectivity index (χ0) is 15.1. The summed E-state index contributed by atoms with van der Waals surface area (Å²) in [4.78, 5) is 14.4. The number of carbonyl (C=O) groups excluding carboxylic acids is 1. The van der Waals surface area contributed by atoms with Crippen LogP contribution in [0.5, 0.6) is 0 Å². The first-order valence-corrected chi connectivity index (χ1v) is 7.71. The largest absolute Gasteiger partial charge is 0.443 e. The Kier molecular flexibility index (Phi) is 3.89. The van der Waals surface area contributed by atoms with Crippen LogP contribution in [0.3, 0.4) is 0 Å². The highest BCUT2D eigenvalue weighted by molar-refractivity contribution is 9.10. The van der Waals surface area contributed by atoms with Crippen molar-refractivity contribution in [2.24, 2.45) is 0 Å². The lowest BCUT2D eigenvalue weighted by atomic mass is 9.87. The average molecular weight is 340 g/mol. The van der Waals surface area contributed by atoms with E-state index in [-0.39, 0.29) is 11.6 Å². The predicted octanol–water partition coefficient (Wildman–Crippen LogP) is 4.92. The summed E-state index contributed by atoms with van der Waals surface area (Å²) in [6, 6.07) is 6.05. The number of fused-ring (bicyclic) bond motifs is 1. The van der Waals surface area contributed by atoms with E-state index >= 15 is 0 Å². The molecular formula is C16H22BrNO2. The number of hydrogen-bond acceptors (Lipinski definition) is 2. The Morgan fingerprint density at radius 1 is 1.35 bits per heavy atom. The highest BCUT2D eigenvalue weighted by atomic mass is 79.9. The number of nitrogens with zero attached hydrogens (tertiary/aromatic N) is 1. The Morgan fingerprint density at radius 3 is 2.60 bits per heavy atom. The van der Waals surface area contributed by atoms with Crippen LogP contribution in [0.25, 0.3) is 0 Å². The number of benzene rings is 1. The normalized spacial score (nSPS) is 17.6. The number of aryl methyl sites for hydroxylation is 1. The van der Waals surface area contributed by atoms with Gasteiger partial charge in [-0.2, -0.15) is 0 Å². The molecule has 0 radical (unpaired) electrons. The maximum atomic E-state index is 12.6. The molecule has 0 fully saturated rings. The van der Waals surface area contributed by atoms with Gasteiger partial charge in [0.25, 0.3) is 0 Å². The molecule has 1 aromatic carbocycles. The minimum absolute atomic E-state index is 0.233. The van der Waals surface area contributed by atoms with Crippen LogP contribution in [0.15, 0.2) is 22.7 Å². The van der Waals surface area contributed by atoms with Crippen molar-refractivity contribution >= 4 is 27.7 Å². The molecule has 3 nitrogen and oxygen atoms in total. The smallest absolute Gasteiger partial charge is 0.415 e. The number of hydrogen-bond donors (Lipinski definition) is 0. The molecule has 1 amide bonds. The SMILES string of the molecule is CC(C)(C)OC(=O)N1c2ccc(Br)cc2CCC1(C)C. The number of ether oxygens (including phenoxy) is 1. The van der Waals surface area contributed by atoms with E-state index in [9.17, 15) is 4.79 Å². The summed E-state index contributed by atoms with van der Waals surface area (Å²) in [5, 5.41) is 0. The van der Waals surface area contributed by atoms with E-state index in [0.29, 0.717) is 0 Å². The molecule has 0 aliphatic carbocycles. The summed E-state index contributed by atoms with van der Waals surface area (Å²) in [6.45, 7) is 9.85. The molecule has 0 bridgehead atoms. The number of halogens is 1. The van der Waals surface area contributed by atoms with E-state index in [4.69, 9.17) is 4.74 Å². The van der Waals surface area contributed by atoms with Crippen molar-refractivity contribution in [3.63, 3.8) is 0 Å². The van der Waals surface area contributed by atoms with E-state index in [1.807, 2.05) is 32.9 Å². The van der Waals surface area contributed by atoms with Crippen molar-refractivity contribution in [2.75, 3.05) is 4.90 Å². The van der Waals surface area contributed by atoms with E-state index in [0.717, 1.165) is 23.0 Å². The van der Waals surface area contributed by atoms with E-state index in [2.05, 4.69) is 35.8 Å². The molecular weight excluding hydrogens is 318 g/mol. The highest BCUT2D eigenvalue weighted by Gasteiger charge is 2.39. The van der Waals surface area contributed by atoms with Crippen LogP contribution >= 0.6 is 15.9 Å². The van der Waals surface area contributed by atoms with Crippen molar-refractivity contribution in [1.29, 1.82) is 0 Å². The van der Waals surface area contributed by atoms with Crippen molar-refractivity contribution in [3.05, 3.63) is 28.2 Å². The number of anilines is 1. The van der Waals surface area contributed by atoms with E-state index < -0.39 is 5.60 Å². The van der Waals surface area contributed by atoms with Crippen LogP contribution in [-0.2, 0) is 11.2 Å². The zero-order valence-electron chi connectivity index (χ0n) is 12.8. The molecule has 0 atom stereocenters. The van der Waals surface area contributed by atoms with Crippen LogP contribution in [0.4, 0.5) is 10.5 Å². The van der Waals surface area contributed by atoms with Gasteiger partial charge in [0.15, 0.2) is 0 Å². The van der Waals surface area contributed by atoms with Crippen LogP contribution in [-0.4, -0.2) is 17.2 Å². The van der Waals surface area contributed by atoms with Crippen molar-refractivity contribution in [2.45, 2.75) is 58.6 Å². The minimum Gasteiger partial charge on any atom is -0.443 e. The number of carbonyl (C=O) groups is 1. The van der Waals surface area contributed by atoms with Gasteiger partial charge in [0.2, 0.25) is 0 Å². The summed E-state index contributed by atoms with van der Waals surface area (Å²) >= 11 is 3.49. The van der Waals surface area contributed by atoms with Crippen LogP contribution in [0, 0.1) is 0 Å². The second-order valence-electron chi connectivity index (χ2n) is 6.90. The summed E-state index contributed by atoms with van der Waals surface area (Å²) < 4.78 is 6.62. The Balaban J connectivity index is 2.41. The topological polar surface area (TPSA) is 29.5 Å². The maximum Gasteiger partial charge on any atom is 0.415 e. The lowest BCUT2D eigenvalue weighted by Gasteiger charge is -2.43. The van der Waals surface area contributed by atoms with Gasteiger partial charge < -0.3 is 4.74 Å². The second kappa shape index (κ2) is 5.06. The monoisotopic (exact) mass is 339 g/mol. The molecule has 2 rings (SSSR count). The average Bonchev–Trinajstić information content (AvgIpc) is 2.26. The summed E-state index contributed by atoms with van der Waals surface area (Å²) in [5.74, 6) is 0. The second-order valence-corrected chi connectivity index (χ2v) is 7.82. The van der Waals surface area contributed by atoms with Gasteiger partial charge in [0, 0.05) is 10.0 Å². The number of amides is 1. The van der Waals surface area contributed by atoms with Crippen LogP contribution in [0.2, 0.25) is 0 Å². The van der Waals surface area contributed by atoms with Gasteiger partial charge in [0.1, 0.15) is 5.60 Å². The zero-order valence-corrected chi connectivity index (χ0v) is 14.4. The minimum atomic E-state index is -0.486. The fourth-order valence-electron chi connectivity index (χ4n) is 2.50. The van der Waals surface area contributed by atoms with E-state index in [1.165, 1.54) is 5.56 Å². The van der Waals surface area contributed by atoms with Gasteiger partial charge in [-0.25, -0.2) is 4.79 Å². The fourth-order valence-corrected chi connectivity index (χ4v) is 2.91. The van der Waals surface area contributed by atoms with Crippen molar-refractivity contribution in [1.82, 2.24) is 0 Å². The van der Waals surface area contributed by atoms with Crippen LogP contribution < -0.4 is 4.90 Å². The molecule has 1 heterocycles. The first-order valence-electron chi connectivity index (χ1n) is 6.92. The first kappa shape index (κ1) is 15.4. The molecule has 1 aliphatic heterocycles. The Labute approximate surface area is 129 Å². The summed E-state index contributed by atoms with van der Waals surface area (Å²) in [6.07, 6.45) is 1.63. The molecule has 0 unspecified atom stereocenters. The Morgan fingerprint density at radius 2 is 2.00 bits per heavy atom. The third-order valence-corrected chi connectivity index (χ3v) is 3.96. The Bertz CT molecular complexity index is 532. The maximum absolute atomic E-state index is 12.6. The predicted molar refractivity (Wildman–Crippen MR) is 85.3 cm³/mol. The summed E-state index contributed by atoms with van der Waals surface area (Å²) in [5.41, 5.74) is 1.42. The fraction of sp³-hybridized carbons (Fsp3) is 0.562. The van der Waals surface area contributed by atoms with Crippen LogP contribution in [0.1, 0.15) is 46.6 Å². The van der Waals surface area contributed by atoms with Gasteiger partial charge >= 0.3 is 6.09 Å². The summed E-state index contributed by atoms with van der Waals surface area (Å²) in [7, 11) is 0. The molecule has 0 aromatic heterocycles. The number of rotatable bonds is 0. The standard InChI is InChI=1S/C16H22BrNO2/c1-15(2,3)20-14(19)18-13-7-6-12(17)10-11(13)8-9-16(18,4)5/h6-7,10H,8-9H2,1-5H3. The molecule has 110 valence electrons. The lowest BCUT2D eigenvalue weighted by Crippen LogP contribution is -2.52. The lowest BCUT2D eigenvalue weighted by molar-refractivity contribution is 0.0538. The van der Waals surface area contributed by atoms with Gasteiger partial charge in [0.05, 0.1) is 5.69 Å². The van der Waals surface area contributed by atoms with Gasteiger partial charge in [-0.3, -0.25) is 4.90 Å². The third-order valence-electron chi connectivity index (χ3n) is 3.47. The highest BCUT2D eigenvalue weighted by Crippen LogP contribution is 2.38. The molecule has 0 spiro atoms. The van der Waals surface area contributed by atoms with Crippen molar-refractivity contribution in [3.8, 4) is 0 Å². The van der Waals surface area contributed by atoms with Crippen molar-refractivity contribution < 1.29 is 9.53 Å². The quantitative estimate of drug-likeness (QED) is 0.671. The first-order chi connectivity index (χ1) is 9.10. The molecule has 1 aliphatic rings. The van der Waals surface area contributed by atoms with Gasteiger partial charge in [-0.05, 0) is 71.2 Å². The molecule has 4 heteroatoms. The molecule has 1 aromatic rings. The van der Waals surface area contributed by atoms with E-state index in [1.54, 1.807) is 4.90 Å². The molecule has 0 saturated carbocycles. The molecule has 20 heavy (non-hydrogen) atoms. The van der Waals surface area contributed by atoms with Gasteiger partial charge in [-0.1, -0.05) is 15.9 Å². The Hall–Kier alpha value is -1.03. The molecule has 0 saturated heterocycles. The third kappa shape index (κ3) is 3.17. The van der Waals surface area contributed by atoms with Gasteiger partial charge in [-0.15, -0.1) is 0 Å².